The topological polar surface area (TPSA) is 49.4 Å². The minimum absolute atomic E-state index is 0.0142. The summed E-state index contributed by atoms with van der Waals surface area (Å²) >= 11 is 3.14. The molecule has 0 unspecified atom stereocenters. The van der Waals surface area contributed by atoms with Crippen LogP contribution in [0.3, 0.4) is 0 Å². The van der Waals surface area contributed by atoms with E-state index in [9.17, 15) is 9.59 Å². The molecular formula is C19H24N2O2S2. The summed E-state index contributed by atoms with van der Waals surface area (Å²) in [5.41, 5.74) is 2.35. The van der Waals surface area contributed by atoms with Crippen molar-refractivity contribution in [1.29, 1.82) is 0 Å². The lowest BCUT2D eigenvalue weighted by molar-refractivity contribution is -0.133. The number of amides is 2. The van der Waals surface area contributed by atoms with Gasteiger partial charge in [-0.15, -0.1) is 23.1 Å². The van der Waals surface area contributed by atoms with E-state index in [1.54, 1.807) is 16.2 Å². The zero-order valence-electron chi connectivity index (χ0n) is 14.9. The molecule has 6 heteroatoms. The summed E-state index contributed by atoms with van der Waals surface area (Å²) in [6.07, 6.45) is 0. The van der Waals surface area contributed by atoms with Gasteiger partial charge in [0.1, 0.15) is 0 Å². The Balaban J connectivity index is 1.83. The standard InChI is InChI=1S/C19H24N2O2S2/c1-4-21(12-18(22)20-11-16-6-5-9-24-16)19(23)13-25-17-10-14(2)7-8-15(17)3/h5-10H,4,11-13H2,1-3H3,(H,20,22). The van der Waals surface area contributed by atoms with Crippen LogP contribution in [-0.2, 0) is 16.1 Å². The molecule has 25 heavy (non-hydrogen) atoms. The molecule has 2 rings (SSSR count). The number of aryl methyl sites for hydroxylation is 2. The van der Waals surface area contributed by atoms with Crippen molar-refractivity contribution in [1.82, 2.24) is 10.2 Å². The largest absolute Gasteiger partial charge is 0.350 e. The van der Waals surface area contributed by atoms with Crippen molar-refractivity contribution in [2.24, 2.45) is 0 Å². The molecule has 0 fully saturated rings. The van der Waals surface area contributed by atoms with Gasteiger partial charge in [-0.2, -0.15) is 0 Å². The van der Waals surface area contributed by atoms with E-state index in [1.165, 1.54) is 22.9 Å². The van der Waals surface area contributed by atoms with Crippen molar-refractivity contribution in [2.75, 3.05) is 18.8 Å². The van der Waals surface area contributed by atoms with E-state index in [0.29, 0.717) is 18.8 Å². The molecular weight excluding hydrogens is 352 g/mol. The highest BCUT2D eigenvalue weighted by molar-refractivity contribution is 8.00. The molecule has 0 aliphatic heterocycles. The molecule has 2 aromatic rings. The van der Waals surface area contributed by atoms with Crippen LogP contribution in [0.15, 0.2) is 40.6 Å². The minimum Gasteiger partial charge on any atom is -0.350 e. The number of nitrogens with zero attached hydrogens (tertiary/aromatic N) is 1. The molecule has 2 amide bonds. The Morgan fingerprint density at radius 1 is 1.24 bits per heavy atom. The van der Waals surface area contributed by atoms with E-state index in [4.69, 9.17) is 0 Å². The molecule has 4 nitrogen and oxygen atoms in total. The van der Waals surface area contributed by atoms with Gasteiger partial charge in [-0.25, -0.2) is 0 Å². The van der Waals surface area contributed by atoms with Crippen LogP contribution < -0.4 is 5.32 Å². The molecule has 0 radical (unpaired) electrons. The van der Waals surface area contributed by atoms with Gasteiger partial charge in [0.15, 0.2) is 0 Å². The average molecular weight is 377 g/mol. The summed E-state index contributed by atoms with van der Waals surface area (Å²) in [7, 11) is 0. The van der Waals surface area contributed by atoms with Crippen molar-refractivity contribution in [3.63, 3.8) is 0 Å². The normalized spacial score (nSPS) is 10.5. The van der Waals surface area contributed by atoms with E-state index in [0.717, 1.165) is 9.77 Å². The minimum atomic E-state index is -0.125. The number of likely N-dealkylation sites (N-methyl/N-ethyl adjacent to an activating group) is 1. The summed E-state index contributed by atoms with van der Waals surface area (Å²) in [5, 5.41) is 4.85. The van der Waals surface area contributed by atoms with Crippen LogP contribution in [0.2, 0.25) is 0 Å². The maximum absolute atomic E-state index is 12.4. The summed E-state index contributed by atoms with van der Waals surface area (Å²) in [6, 6.07) is 10.2. The number of hydrogen-bond acceptors (Lipinski definition) is 4. The second-order valence-corrected chi connectivity index (χ2v) is 7.87. The lowest BCUT2D eigenvalue weighted by Gasteiger charge is -2.20. The Labute approximate surface area is 157 Å². The van der Waals surface area contributed by atoms with Gasteiger partial charge < -0.3 is 10.2 Å². The molecule has 0 atom stereocenters. The Morgan fingerprint density at radius 2 is 2.04 bits per heavy atom. The molecule has 1 aromatic heterocycles. The Bertz CT molecular complexity index is 714. The summed E-state index contributed by atoms with van der Waals surface area (Å²) in [6.45, 7) is 7.13. The summed E-state index contributed by atoms with van der Waals surface area (Å²) in [5.74, 6) is 0.205. The number of hydrogen-bond donors (Lipinski definition) is 1. The maximum atomic E-state index is 12.4. The second kappa shape index (κ2) is 9.63. The Kier molecular flexibility index (Phi) is 7.52. The number of benzene rings is 1. The highest BCUT2D eigenvalue weighted by Gasteiger charge is 2.16. The zero-order valence-corrected chi connectivity index (χ0v) is 16.5. The highest BCUT2D eigenvalue weighted by atomic mass is 32.2. The van der Waals surface area contributed by atoms with E-state index < -0.39 is 0 Å². The molecule has 0 aliphatic carbocycles. The van der Waals surface area contributed by atoms with Gasteiger partial charge in [0.05, 0.1) is 18.8 Å². The molecule has 1 heterocycles. The van der Waals surface area contributed by atoms with Crippen LogP contribution >= 0.6 is 23.1 Å². The second-order valence-electron chi connectivity index (χ2n) is 5.82. The highest BCUT2D eigenvalue weighted by Crippen LogP contribution is 2.23. The van der Waals surface area contributed by atoms with Crippen LogP contribution in [0.5, 0.6) is 0 Å². The first-order valence-corrected chi connectivity index (χ1v) is 10.1. The molecule has 134 valence electrons. The van der Waals surface area contributed by atoms with Gasteiger partial charge in [0.25, 0.3) is 0 Å². The Hall–Kier alpha value is -1.79. The molecule has 0 saturated heterocycles. The third kappa shape index (κ3) is 6.21. The molecule has 0 saturated carbocycles. The monoisotopic (exact) mass is 376 g/mol. The van der Waals surface area contributed by atoms with Crippen LogP contribution in [0.1, 0.15) is 22.9 Å². The number of carbonyl (C=O) groups is 2. The van der Waals surface area contributed by atoms with Crippen molar-refractivity contribution in [3.8, 4) is 0 Å². The molecule has 0 bridgehead atoms. The maximum Gasteiger partial charge on any atom is 0.239 e. The number of thiophene rings is 1. The third-order valence-electron chi connectivity index (χ3n) is 3.80. The van der Waals surface area contributed by atoms with Crippen molar-refractivity contribution >= 4 is 34.9 Å². The Morgan fingerprint density at radius 3 is 2.72 bits per heavy atom. The third-order valence-corrected chi connectivity index (χ3v) is 5.82. The van der Waals surface area contributed by atoms with Crippen molar-refractivity contribution < 1.29 is 9.59 Å². The van der Waals surface area contributed by atoms with Gasteiger partial charge in [0, 0.05) is 16.3 Å². The van der Waals surface area contributed by atoms with E-state index in [-0.39, 0.29) is 18.4 Å². The number of nitrogens with one attached hydrogen (secondary N) is 1. The van der Waals surface area contributed by atoms with E-state index in [1.807, 2.05) is 38.3 Å². The molecule has 1 N–H and O–H groups in total. The zero-order chi connectivity index (χ0) is 18.2. The van der Waals surface area contributed by atoms with Gasteiger partial charge in [0.2, 0.25) is 11.8 Å². The number of thioether (sulfide) groups is 1. The van der Waals surface area contributed by atoms with E-state index >= 15 is 0 Å². The van der Waals surface area contributed by atoms with Crippen LogP contribution in [0.25, 0.3) is 0 Å². The summed E-state index contributed by atoms with van der Waals surface area (Å²) in [4.78, 5) is 28.3. The lowest BCUT2D eigenvalue weighted by atomic mass is 10.2. The SMILES string of the molecule is CCN(CC(=O)NCc1cccs1)C(=O)CSc1cc(C)ccc1C. The van der Waals surface area contributed by atoms with Gasteiger partial charge in [-0.1, -0.05) is 23.8 Å². The fourth-order valence-electron chi connectivity index (χ4n) is 2.30. The van der Waals surface area contributed by atoms with Crippen molar-refractivity contribution in [2.45, 2.75) is 32.2 Å². The first kappa shape index (κ1) is 19.5. The molecule has 1 aromatic carbocycles. The van der Waals surface area contributed by atoms with Gasteiger partial charge >= 0.3 is 0 Å². The fourth-order valence-corrected chi connectivity index (χ4v) is 3.97. The van der Waals surface area contributed by atoms with Crippen molar-refractivity contribution in [3.05, 3.63) is 51.7 Å². The van der Waals surface area contributed by atoms with Gasteiger partial charge in [-0.05, 0) is 43.8 Å². The predicted octanol–water partition coefficient (Wildman–Crippen LogP) is 3.62. The first-order valence-electron chi connectivity index (χ1n) is 8.26. The quantitative estimate of drug-likeness (QED) is 0.716. The number of rotatable bonds is 8. The fraction of sp³-hybridized carbons (Fsp3) is 0.368. The molecule has 0 aliphatic rings. The van der Waals surface area contributed by atoms with Crippen LogP contribution in [0, 0.1) is 13.8 Å². The smallest absolute Gasteiger partial charge is 0.239 e. The predicted molar refractivity (Wildman–Crippen MR) is 105 cm³/mol. The summed E-state index contributed by atoms with van der Waals surface area (Å²) < 4.78 is 0. The van der Waals surface area contributed by atoms with E-state index in [2.05, 4.69) is 23.5 Å². The molecule has 0 spiro atoms. The van der Waals surface area contributed by atoms with Crippen LogP contribution in [0.4, 0.5) is 0 Å². The van der Waals surface area contributed by atoms with Crippen LogP contribution in [-0.4, -0.2) is 35.6 Å². The lowest BCUT2D eigenvalue weighted by Crippen LogP contribution is -2.41. The number of carbonyl (C=O) groups excluding carboxylic acids is 2. The average Bonchev–Trinajstić information content (AvgIpc) is 3.12. The van der Waals surface area contributed by atoms with Gasteiger partial charge in [-0.3, -0.25) is 9.59 Å². The first-order chi connectivity index (χ1) is 12.0.